The summed E-state index contributed by atoms with van der Waals surface area (Å²) in [5, 5.41) is 0. The quantitative estimate of drug-likeness (QED) is 0.414. The average Bonchev–Trinajstić information content (AvgIpc) is 2.09. The Morgan fingerprint density at radius 2 is 1.42 bits per heavy atom. The van der Waals surface area contributed by atoms with Gasteiger partial charge in [0.2, 0.25) is 0 Å². The highest BCUT2D eigenvalue weighted by Gasteiger charge is 2.01. The van der Waals surface area contributed by atoms with Crippen LogP contribution in [0.4, 0.5) is 0 Å². The molecule has 0 bridgehead atoms. The van der Waals surface area contributed by atoms with Crippen molar-refractivity contribution in [1.29, 1.82) is 0 Å². The van der Waals surface area contributed by atoms with Gasteiger partial charge in [0.05, 0.1) is 0 Å². The van der Waals surface area contributed by atoms with Gasteiger partial charge in [-0.3, -0.25) is 0 Å². The predicted molar refractivity (Wildman–Crippen MR) is 61.0 cm³/mol. The molecule has 0 unspecified atom stereocenters. The molecule has 0 nitrogen and oxygen atoms in total. The first-order valence-corrected chi connectivity index (χ1v) is 6.36. The highest BCUT2D eigenvalue weighted by Crippen LogP contribution is 2.17. The van der Waals surface area contributed by atoms with Crippen molar-refractivity contribution in [2.24, 2.45) is 0 Å². The summed E-state index contributed by atoms with van der Waals surface area (Å²) < 4.78 is 0. The van der Waals surface area contributed by atoms with Gasteiger partial charge >= 0.3 is 0 Å². The third-order valence-corrected chi connectivity index (χ3v) is 3.16. The van der Waals surface area contributed by atoms with Crippen LogP contribution in [0.15, 0.2) is 0 Å². The molecule has 0 heterocycles. The zero-order valence-electron chi connectivity index (χ0n) is 8.61. The first-order chi connectivity index (χ1) is 5.81. The van der Waals surface area contributed by atoms with E-state index in [-0.39, 0.29) is 0 Å². The van der Waals surface area contributed by atoms with Gasteiger partial charge in [0.1, 0.15) is 0 Å². The molecule has 0 aromatic carbocycles. The van der Waals surface area contributed by atoms with Crippen molar-refractivity contribution in [3.8, 4) is 0 Å². The van der Waals surface area contributed by atoms with Gasteiger partial charge in [-0.2, -0.15) is 0 Å². The van der Waals surface area contributed by atoms with Gasteiger partial charge in [-0.25, -0.2) is 0 Å². The topological polar surface area (TPSA) is 0 Å². The van der Waals surface area contributed by atoms with Crippen LogP contribution in [-0.2, 0) is 0 Å². The van der Waals surface area contributed by atoms with E-state index in [0.717, 1.165) is 4.83 Å². The van der Waals surface area contributed by atoms with Gasteiger partial charge < -0.3 is 0 Å². The molecule has 0 aromatic heterocycles. The monoisotopic (exact) mass is 234 g/mol. The van der Waals surface area contributed by atoms with Crippen LogP contribution in [0.25, 0.3) is 0 Å². The fourth-order valence-corrected chi connectivity index (χ4v) is 2.01. The highest BCUT2D eigenvalue weighted by atomic mass is 79.9. The van der Waals surface area contributed by atoms with Crippen molar-refractivity contribution in [3.63, 3.8) is 0 Å². The molecular weight excluding hydrogens is 212 g/mol. The van der Waals surface area contributed by atoms with Gasteiger partial charge in [-0.15, -0.1) is 0 Å². The lowest BCUT2D eigenvalue weighted by Crippen LogP contribution is -1.96. The zero-order valence-corrected chi connectivity index (χ0v) is 10.2. The Hall–Kier alpha value is 0.480. The maximum absolute atomic E-state index is 3.73. The van der Waals surface area contributed by atoms with Crippen molar-refractivity contribution >= 4 is 15.9 Å². The first kappa shape index (κ1) is 12.5. The Kier molecular flexibility index (Phi) is 9.95. The molecule has 0 spiro atoms. The van der Waals surface area contributed by atoms with Crippen LogP contribution in [0.3, 0.4) is 0 Å². The molecule has 0 rings (SSSR count). The van der Waals surface area contributed by atoms with Crippen molar-refractivity contribution in [1.82, 2.24) is 0 Å². The van der Waals surface area contributed by atoms with E-state index >= 15 is 0 Å². The van der Waals surface area contributed by atoms with E-state index in [2.05, 4.69) is 29.8 Å². The Balaban J connectivity index is 3.02. The maximum atomic E-state index is 3.73. The molecule has 0 aromatic rings. The lowest BCUT2D eigenvalue weighted by atomic mass is 10.1. The summed E-state index contributed by atoms with van der Waals surface area (Å²) in [6.07, 6.45) is 11.0. The molecule has 1 heteroatoms. The molecule has 0 amide bonds. The van der Waals surface area contributed by atoms with Crippen molar-refractivity contribution in [2.75, 3.05) is 0 Å². The normalized spacial score (nSPS) is 13.2. The summed E-state index contributed by atoms with van der Waals surface area (Å²) in [7, 11) is 0. The van der Waals surface area contributed by atoms with Crippen LogP contribution in [-0.4, -0.2) is 4.83 Å². The van der Waals surface area contributed by atoms with Crippen LogP contribution >= 0.6 is 15.9 Å². The summed E-state index contributed by atoms with van der Waals surface area (Å²) in [5.74, 6) is 0. The number of unbranched alkanes of at least 4 members (excludes halogenated alkanes) is 4. The number of alkyl halides is 1. The van der Waals surface area contributed by atoms with Crippen LogP contribution < -0.4 is 0 Å². The molecule has 0 aliphatic heterocycles. The van der Waals surface area contributed by atoms with E-state index in [1.807, 2.05) is 0 Å². The highest BCUT2D eigenvalue weighted by molar-refractivity contribution is 9.09. The zero-order chi connectivity index (χ0) is 9.23. The molecular formula is C11H23Br. The molecule has 0 radical (unpaired) electrons. The number of rotatable bonds is 8. The lowest BCUT2D eigenvalue weighted by Gasteiger charge is -2.07. The minimum absolute atomic E-state index is 0.786. The van der Waals surface area contributed by atoms with Crippen LogP contribution in [0.5, 0.6) is 0 Å². The fraction of sp³-hybridized carbons (Fsp3) is 1.00. The van der Waals surface area contributed by atoms with Crippen LogP contribution in [0.1, 0.15) is 65.2 Å². The van der Waals surface area contributed by atoms with Gasteiger partial charge in [-0.1, -0.05) is 68.3 Å². The summed E-state index contributed by atoms with van der Waals surface area (Å²) in [4.78, 5) is 0.786. The molecule has 12 heavy (non-hydrogen) atoms. The minimum atomic E-state index is 0.786. The van der Waals surface area contributed by atoms with Crippen LogP contribution in [0, 0.1) is 0 Å². The largest absolute Gasteiger partial charge is 0.0891 e. The maximum Gasteiger partial charge on any atom is 0.0145 e. The van der Waals surface area contributed by atoms with E-state index in [0.29, 0.717) is 0 Å². The number of hydrogen-bond acceptors (Lipinski definition) is 0. The fourth-order valence-electron chi connectivity index (χ4n) is 1.36. The van der Waals surface area contributed by atoms with E-state index in [4.69, 9.17) is 0 Å². The molecule has 0 saturated heterocycles. The Morgan fingerprint density at radius 3 is 2.00 bits per heavy atom. The van der Waals surface area contributed by atoms with Crippen LogP contribution in [0.2, 0.25) is 0 Å². The third kappa shape index (κ3) is 8.58. The Bertz CT molecular complexity index is 81.1. The second-order valence-corrected chi connectivity index (χ2v) is 4.88. The van der Waals surface area contributed by atoms with Gasteiger partial charge in [0.25, 0.3) is 0 Å². The average molecular weight is 235 g/mol. The SMILES string of the molecule is CCCCCC[C@@H](Br)CCCC. The third-order valence-electron chi connectivity index (χ3n) is 2.24. The van der Waals surface area contributed by atoms with Gasteiger partial charge in [-0.05, 0) is 12.8 Å². The molecule has 0 N–H and O–H groups in total. The Labute approximate surface area is 86.3 Å². The van der Waals surface area contributed by atoms with Crippen molar-refractivity contribution in [3.05, 3.63) is 0 Å². The molecule has 0 saturated carbocycles. The van der Waals surface area contributed by atoms with E-state index in [9.17, 15) is 0 Å². The molecule has 0 aliphatic rings. The van der Waals surface area contributed by atoms with E-state index in [1.54, 1.807) is 0 Å². The minimum Gasteiger partial charge on any atom is -0.0891 e. The van der Waals surface area contributed by atoms with Gasteiger partial charge in [0.15, 0.2) is 0 Å². The lowest BCUT2D eigenvalue weighted by molar-refractivity contribution is 0.588. The Morgan fingerprint density at radius 1 is 0.833 bits per heavy atom. The summed E-state index contributed by atoms with van der Waals surface area (Å²) in [6.45, 7) is 4.53. The molecule has 1 atom stereocenters. The molecule has 0 aliphatic carbocycles. The number of hydrogen-bond donors (Lipinski definition) is 0. The summed E-state index contributed by atoms with van der Waals surface area (Å²) in [5.41, 5.74) is 0. The first-order valence-electron chi connectivity index (χ1n) is 5.45. The standard InChI is InChI=1S/C11H23Br/c1-3-5-7-8-10-11(12)9-6-4-2/h11H,3-10H2,1-2H3/t11-/m0/s1. The van der Waals surface area contributed by atoms with Crippen molar-refractivity contribution < 1.29 is 0 Å². The van der Waals surface area contributed by atoms with E-state index < -0.39 is 0 Å². The smallest absolute Gasteiger partial charge is 0.0145 e. The second kappa shape index (κ2) is 9.57. The molecule has 74 valence electrons. The van der Waals surface area contributed by atoms with E-state index in [1.165, 1.54) is 51.4 Å². The molecule has 0 fully saturated rings. The number of halogens is 1. The van der Waals surface area contributed by atoms with Crippen molar-refractivity contribution in [2.45, 2.75) is 70.0 Å². The summed E-state index contributed by atoms with van der Waals surface area (Å²) in [6, 6.07) is 0. The summed E-state index contributed by atoms with van der Waals surface area (Å²) >= 11 is 3.73. The van der Waals surface area contributed by atoms with Gasteiger partial charge in [0, 0.05) is 4.83 Å². The second-order valence-electron chi connectivity index (χ2n) is 3.59. The predicted octanol–water partition coefficient (Wildman–Crippen LogP) is 4.91.